The van der Waals surface area contributed by atoms with Crippen molar-refractivity contribution in [1.82, 2.24) is 14.7 Å². The second kappa shape index (κ2) is 8.94. The number of amides is 2. The number of anilines is 1. The molecular weight excluding hydrogens is 446 g/mol. The molecular formula is C26H33N5O4. The van der Waals surface area contributed by atoms with Crippen molar-refractivity contribution in [2.45, 2.75) is 32.2 Å². The van der Waals surface area contributed by atoms with Crippen molar-refractivity contribution in [2.24, 2.45) is 23.5 Å². The van der Waals surface area contributed by atoms with Gasteiger partial charge in [-0.15, -0.1) is 0 Å². The highest BCUT2D eigenvalue weighted by Crippen LogP contribution is 2.50. The Balaban J connectivity index is 1.57. The quantitative estimate of drug-likeness (QED) is 0.616. The first kappa shape index (κ1) is 23.3. The van der Waals surface area contributed by atoms with Gasteiger partial charge in [-0.05, 0) is 62.1 Å². The van der Waals surface area contributed by atoms with Crippen LogP contribution in [0.25, 0.3) is 11.3 Å². The third kappa shape index (κ3) is 3.73. The highest BCUT2D eigenvalue weighted by atomic mass is 16.5. The highest BCUT2D eigenvalue weighted by Gasteiger charge is 2.48. The van der Waals surface area contributed by atoms with E-state index in [0.717, 1.165) is 50.0 Å². The van der Waals surface area contributed by atoms with Crippen LogP contribution in [-0.4, -0.2) is 60.3 Å². The number of likely N-dealkylation sites (tertiary alicyclic amines) is 1. The van der Waals surface area contributed by atoms with E-state index >= 15 is 0 Å². The Hall–Kier alpha value is -3.49. The zero-order chi connectivity index (χ0) is 24.9. The number of primary amides is 1. The second-order valence-corrected chi connectivity index (χ2v) is 9.79. The number of nitrogens with two attached hydrogens (primary N) is 1. The summed E-state index contributed by atoms with van der Waals surface area (Å²) in [5.74, 6) is 2.65. The van der Waals surface area contributed by atoms with Crippen molar-refractivity contribution in [2.75, 3.05) is 39.2 Å². The maximum atomic E-state index is 12.7. The number of ether oxygens (including phenoxy) is 2. The van der Waals surface area contributed by atoms with Crippen molar-refractivity contribution in [3.63, 3.8) is 0 Å². The van der Waals surface area contributed by atoms with Crippen LogP contribution in [0.2, 0.25) is 0 Å². The predicted molar refractivity (Wildman–Crippen MR) is 133 cm³/mol. The van der Waals surface area contributed by atoms with Gasteiger partial charge in [-0.25, -0.2) is 4.68 Å². The molecule has 2 aliphatic heterocycles. The van der Waals surface area contributed by atoms with Crippen molar-refractivity contribution >= 4 is 17.6 Å². The number of hydrogen-bond donors (Lipinski definition) is 2. The maximum absolute atomic E-state index is 12.7. The largest absolute Gasteiger partial charge is 0.496 e. The van der Waals surface area contributed by atoms with Crippen LogP contribution in [0.3, 0.4) is 0 Å². The van der Waals surface area contributed by atoms with E-state index in [1.807, 2.05) is 28.6 Å². The summed E-state index contributed by atoms with van der Waals surface area (Å²) in [5.41, 5.74) is 8.40. The Morgan fingerprint density at radius 2 is 1.77 bits per heavy atom. The summed E-state index contributed by atoms with van der Waals surface area (Å²) in [7, 11) is 3.21. The van der Waals surface area contributed by atoms with Crippen LogP contribution >= 0.6 is 0 Å². The van der Waals surface area contributed by atoms with Gasteiger partial charge in [0.2, 0.25) is 5.91 Å². The molecule has 3 N–H and O–H groups in total. The molecule has 1 aromatic carbocycles. The number of hydrogen-bond acceptors (Lipinski definition) is 6. The summed E-state index contributed by atoms with van der Waals surface area (Å²) in [6, 6.07) is 3.87. The summed E-state index contributed by atoms with van der Waals surface area (Å²) in [4.78, 5) is 26.9. The third-order valence-corrected chi connectivity index (χ3v) is 8.07. The van der Waals surface area contributed by atoms with E-state index in [4.69, 9.17) is 20.3 Å². The minimum absolute atomic E-state index is 0.00556. The third-order valence-electron chi connectivity index (χ3n) is 8.07. The molecule has 2 fully saturated rings. The Kier molecular flexibility index (Phi) is 5.94. The van der Waals surface area contributed by atoms with Gasteiger partial charge in [0.15, 0.2) is 0 Å². The van der Waals surface area contributed by atoms with Crippen molar-refractivity contribution < 1.29 is 19.1 Å². The standard InChI is InChI=1S/C26H33N5O4/c1-5-21(32)30-12-15-6-7-16(13-30)22(15)18-8-9-28-26-23(25(27)33)24(29-31(18)26)17-10-19(34-3)14(2)20(11-17)35-4/h5,10-11,15-16,18,22,28H,1,6-9,12-13H2,2-4H3,(H2,27,33). The molecule has 0 radical (unpaired) electrons. The number of rotatable bonds is 6. The number of nitrogens with zero attached hydrogens (tertiary/aromatic N) is 3. The Morgan fingerprint density at radius 1 is 1.14 bits per heavy atom. The van der Waals surface area contributed by atoms with E-state index in [2.05, 4.69) is 11.9 Å². The summed E-state index contributed by atoms with van der Waals surface area (Å²) in [6.07, 6.45) is 4.50. The van der Waals surface area contributed by atoms with Crippen LogP contribution in [0.5, 0.6) is 11.5 Å². The summed E-state index contributed by atoms with van der Waals surface area (Å²) in [5, 5.41) is 8.38. The minimum atomic E-state index is -0.526. The van der Waals surface area contributed by atoms with Gasteiger partial charge in [-0.3, -0.25) is 9.59 Å². The van der Waals surface area contributed by atoms with E-state index < -0.39 is 5.91 Å². The van der Waals surface area contributed by atoms with E-state index in [-0.39, 0.29) is 11.9 Å². The number of fused-ring (bicyclic) bond motifs is 3. The molecule has 3 aliphatic rings. The van der Waals surface area contributed by atoms with Gasteiger partial charge < -0.3 is 25.4 Å². The number of piperidine rings is 1. The molecule has 9 nitrogen and oxygen atoms in total. The molecule has 1 saturated heterocycles. The van der Waals surface area contributed by atoms with E-state index in [9.17, 15) is 9.59 Å². The number of aromatic nitrogens is 2. The van der Waals surface area contributed by atoms with Crippen LogP contribution in [0.1, 0.15) is 41.2 Å². The lowest BCUT2D eigenvalue weighted by atomic mass is 9.78. The molecule has 186 valence electrons. The molecule has 35 heavy (non-hydrogen) atoms. The smallest absolute Gasteiger partial charge is 0.254 e. The molecule has 3 unspecified atom stereocenters. The SMILES string of the molecule is C=CC(=O)N1CC2CCC(C1)C2C1CCNc2c(C(N)=O)c(-c3cc(OC)c(C)c(OC)c3)nn21. The first-order chi connectivity index (χ1) is 16.9. The zero-order valence-corrected chi connectivity index (χ0v) is 20.5. The van der Waals surface area contributed by atoms with Crippen LogP contribution in [0.15, 0.2) is 24.8 Å². The van der Waals surface area contributed by atoms with E-state index in [0.29, 0.717) is 46.3 Å². The maximum Gasteiger partial charge on any atom is 0.254 e. The van der Waals surface area contributed by atoms with Gasteiger partial charge in [-0.1, -0.05) is 6.58 Å². The lowest BCUT2D eigenvalue weighted by Crippen LogP contribution is -2.47. The molecule has 3 heterocycles. The van der Waals surface area contributed by atoms with Crippen LogP contribution in [0, 0.1) is 24.7 Å². The molecule has 2 bridgehead atoms. The lowest BCUT2D eigenvalue weighted by Gasteiger charge is -2.43. The summed E-state index contributed by atoms with van der Waals surface area (Å²) < 4.78 is 13.1. The fourth-order valence-corrected chi connectivity index (χ4v) is 6.52. The van der Waals surface area contributed by atoms with Gasteiger partial charge in [0.1, 0.15) is 28.6 Å². The van der Waals surface area contributed by atoms with E-state index in [1.165, 1.54) is 6.08 Å². The number of methoxy groups -OCH3 is 2. The zero-order valence-electron chi connectivity index (χ0n) is 20.5. The number of nitrogens with one attached hydrogen (secondary N) is 1. The summed E-state index contributed by atoms with van der Waals surface area (Å²) in [6.45, 7) is 7.81. The van der Waals surface area contributed by atoms with Gasteiger partial charge in [0.25, 0.3) is 5.91 Å². The second-order valence-electron chi connectivity index (χ2n) is 9.79. The van der Waals surface area contributed by atoms with Crippen molar-refractivity contribution in [3.8, 4) is 22.8 Å². The lowest BCUT2D eigenvalue weighted by molar-refractivity contribution is -0.129. The molecule has 1 aliphatic carbocycles. The minimum Gasteiger partial charge on any atom is -0.496 e. The fourth-order valence-electron chi connectivity index (χ4n) is 6.52. The Morgan fingerprint density at radius 3 is 2.31 bits per heavy atom. The van der Waals surface area contributed by atoms with Gasteiger partial charge in [-0.2, -0.15) is 5.10 Å². The normalized spacial score (nSPS) is 24.9. The molecule has 1 aromatic heterocycles. The molecule has 2 aromatic rings. The van der Waals surface area contributed by atoms with Crippen LogP contribution < -0.4 is 20.5 Å². The van der Waals surface area contributed by atoms with Crippen LogP contribution in [-0.2, 0) is 4.79 Å². The monoisotopic (exact) mass is 479 g/mol. The summed E-state index contributed by atoms with van der Waals surface area (Å²) >= 11 is 0. The fraction of sp³-hybridized carbons (Fsp3) is 0.500. The molecule has 3 atom stereocenters. The molecule has 5 rings (SSSR count). The van der Waals surface area contributed by atoms with Crippen molar-refractivity contribution in [3.05, 3.63) is 35.9 Å². The van der Waals surface area contributed by atoms with Gasteiger partial charge in [0.05, 0.1) is 20.3 Å². The highest BCUT2D eigenvalue weighted by molar-refractivity contribution is 6.04. The average Bonchev–Trinajstić information content (AvgIpc) is 3.38. The average molecular weight is 480 g/mol. The first-order valence-electron chi connectivity index (χ1n) is 12.2. The Labute approximate surface area is 205 Å². The number of carbonyl (C=O) groups is 2. The van der Waals surface area contributed by atoms with Gasteiger partial charge in [0, 0.05) is 30.8 Å². The Bertz CT molecular complexity index is 1150. The predicted octanol–water partition coefficient (Wildman–Crippen LogP) is 3.00. The molecule has 2 amide bonds. The molecule has 0 spiro atoms. The van der Waals surface area contributed by atoms with Crippen LogP contribution in [0.4, 0.5) is 5.82 Å². The van der Waals surface area contributed by atoms with E-state index in [1.54, 1.807) is 14.2 Å². The van der Waals surface area contributed by atoms with Crippen molar-refractivity contribution in [1.29, 1.82) is 0 Å². The number of benzene rings is 1. The first-order valence-corrected chi connectivity index (χ1v) is 12.2. The van der Waals surface area contributed by atoms with Gasteiger partial charge >= 0.3 is 0 Å². The topological polar surface area (TPSA) is 112 Å². The number of carbonyl (C=O) groups excluding carboxylic acids is 2. The molecule has 1 saturated carbocycles. The molecule has 9 heteroatoms.